The number of hydrogen-bond donors (Lipinski definition) is 3. The van der Waals surface area contributed by atoms with Crippen molar-refractivity contribution in [1.29, 1.82) is 0 Å². The highest BCUT2D eigenvalue weighted by Gasteiger charge is 2.29. The molecular formula is C9H20N2O2. The maximum atomic E-state index is 10.5. The first kappa shape index (κ1) is 12.2. The number of nitrogens with two attached hydrogens (primary N) is 1. The molecule has 0 saturated carbocycles. The van der Waals surface area contributed by atoms with E-state index in [9.17, 15) is 4.79 Å². The molecule has 0 aromatic carbocycles. The van der Waals surface area contributed by atoms with Crippen LogP contribution < -0.4 is 11.1 Å². The van der Waals surface area contributed by atoms with Gasteiger partial charge in [-0.2, -0.15) is 0 Å². The fourth-order valence-corrected chi connectivity index (χ4v) is 1.50. The molecule has 4 nitrogen and oxygen atoms in total. The van der Waals surface area contributed by atoms with Gasteiger partial charge in [-0.3, -0.25) is 0 Å². The maximum Gasteiger partial charge on any atom is 0.405 e. The summed E-state index contributed by atoms with van der Waals surface area (Å²) >= 11 is 0. The van der Waals surface area contributed by atoms with E-state index in [1.807, 2.05) is 13.8 Å². The summed E-state index contributed by atoms with van der Waals surface area (Å²) in [5.74, 6) is 0.202. The number of amides is 1. The van der Waals surface area contributed by atoms with Gasteiger partial charge in [-0.05, 0) is 32.7 Å². The van der Waals surface area contributed by atoms with Crippen molar-refractivity contribution in [1.82, 2.24) is 5.32 Å². The van der Waals surface area contributed by atoms with Crippen LogP contribution in [0.25, 0.3) is 0 Å². The normalized spacial score (nSPS) is 13.8. The Morgan fingerprint density at radius 1 is 1.62 bits per heavy atom. The van der Waals surface area contributed by atoms with E-state index in [0.717, 1.165) is 12.8 Å². The van der Waals surface area contributed by atoms with Gasteiger partial charge in [-0.25, -0.2) is 4.79 Å². The smallest absolute Gasteiger partial charge is 0.405 e. The second-order valence-electron chi connectivity index (χ2n) is 3.87. The van der Waals surface area contributed by atoms with Crippen LogP contribution in [0, 0.1) is 5.92 Å². The summed E-state index contributed by atoms with van der Waals surface area (Å²) in [6, 6.07) is 0. The van der Waals surface area contributed by atoms with Gasteiger partial charge in [-0.1, -0.05) is 13.3 Å². The third-order valence-corrected chi connectivity index (χ3v) is 2.37. The lowest BCUT2D eigenvalue weighted by atomic mass is 9.84. The Labute approximate surface area is 79.5 Å². The van der Waals surface area contributed by atoms with E-state index in [1.165, 1.54) is 0 Å². The predicted molar refractivity (Wildman–Crippen MR) is 52.7 cm³/mol. The summed E-state index contributed by atoms with van der Waals surface area (Å²) in [6.07, 6.45) is 0.982. The zero-order valence-electron chi connectivity index (χ0n) is 8.63. The molecule has 0 aliphatic rings. The Hall–Kier alpha value is -0.770. The van der Waals surface area contributed by atoms with Crippen molar-refractivity contribution in [2.45, 2.75) is 39.2 Å². The summed E-state index contributed by atoms with van der Waals surface area (Å²) in [5, 5.41) is 11.1. The first-order chi connectivity index (χ1) is 5.94. The van der Waals surface area contributed by atoms with Gasteiger partial charge in [0.2, 0.25) is 0 Å². The molecule has 4 heteroatoms. The lowest BCUT2D eigenvalue weighted by Crippen LogP contribution is -2.50. The highest BCUT2D eigenvalue weighted by Crippen LogP contribution is 2.20. The number of nitrogens with one attached hydrogen (secondary N) is 1. The Kier molecular flexibility index (Phi) is 4.77. The van der Waals surface area contributed by atoms with Crippen molar-refractivity contribution in [3.05, 3.63) is 0 Å². The van der Waals surface area contributed by atoms with E-state index in [1.54, 1.807) is 0 Å². The molecule has 4 N–H and O–H groups in total. The number of hydrogen-bond acceptors (Lipinski definition) is 2. The molecular weight excluding hydrogens is 168 g/mol. The van der Waals surface area contributed by atoms with Crippen LogP contribution in [-0.2, 0) is 0 Å². The first-order valence-electron chi connectivity index (χ1n) is 4.65. The summed E-state index contributed by atoms with van der Waals surface area (Å²) in [7, 11) is 0. The second kappa shape index (κ2) is 5.07. The molecule has 0 radical (unpaired) electrons. The van der Waals surface area contributed by atoms with Crippen LogP contribution in [0.2, 0.25) is 0 Å². The Morgan fingerprint density at radius 2 is 2.15 bits per heavy atom. The number of carbonyl (C=O) groups is 1. The zero-order chi connectivity index (χ0) is 10.5. The molecule has 0 aliphatic carbocycles. The summed E-state index contributed by atoms with van der Waals surface area (Å²) in [4.78, 5) is 10.5. The van der Waals surface area contributed by atoms with Gasteiger partial charge < -0.3 is 16.2 Å². The van der Waals surface area contributed by atoms with Crippen LogP contribution in [0.15, 0.2) is 0 Å². The first-order valence-corrected chi connectivity index (χ1v) is 4.65. The maximum absolute atomic E-state index is 10.5. The van der Waals surface area contributed by atoms with E-state index in [2.05, 4.69) is 12.2 Å². The van der Waals surface area contributed by atoms with Crippen LogP contribution in [0.4, 0.5) is 4.79 Å². The van der Waals surface area contributed by atoms with Gasteiger partial charge in [0.15, 0.2) is 0 Å². The molecule has 0 saturated heterocycles. The van der Waals surface area contributed by atoms with Crippen molar-refractivity contribution >= 4 is 6.09 Å². The quantitative estimate of drug-likeness (QED) is 0.610. The van der Waals surface area contributed by atoms with Crippen LogP contribution in [-0.4, -0.2) is 23.3 Å². The van der Waals surface area contributed by atoms with Crippen LogP contribution in [0.1, 0.15) is 33.6 Å². The molecule has 0 bridgehead atoms. The van der Waals surface area contributed by atoms with E-state index >= 15 is 0 Å². The van der Waals surface area contributed by atoms with Crippen LogP contribution >= 0.6 is 0 Å². The number of carboxylic acid groups (broad SMARTS) is 1. The highest BCUT2D eigenvalue weighted by atomic mass is 16.4. The minimum Gasteiger partial charge on any atom is -0.465 e. The predicted octanol–water partition coefficient (Wildman–Crippen LogP) is 1.41. The third-order valence-electron chi connectivity index (χ3n) is 2.37. The van der Waals surface area contributed by atoms with Gasteiger partial charge in [-0.15, -0.1) is 0 Å². The molecule has 0 heterocycles. The molecule has 78 valence electrons. The van der Waals surface area contributed by atoms with E-state index in [4.69, 9.17) is 10.8 Å². The SMILES string of the molecule is CCCC(CN)C(C)(C)NC(=O)O. The average molecular weight is 188 g/mol. The molecule has 0 spiro atoms. The summed E-state index contributed by atoms with van der Waals surface area (Å²) in [5.41, 5.74) is 5.15. The zero-order valence-corrected chi connectivity index (χ0v) is 8.63. The molecule has 0 rings (SSSR count). The molecule has 0 aliphatic heterocycles. The monoisotopic (exact) mass is 188 g/mol. The molecule has 1 unspecified atom stereocenters. The Morgan fingerprint density at radius 3 is 2.46 bits per heavy atom. The average Bonchev–Trinajstić information content (AvgIpc) is 1.97. The number of rotatable bonds is 5. The summed E-state index contributed by atoms with van der Waals surface area (Å²) < 4.78 is 0. The van der Waals surface area contributed by atoms with Crippen molar-refractivity contribution in [2.24, 2.45) is 11.7 Å². The molecule has 0 fully saturated rings. The summed E-state index contributed by atoms with van der Waals surface area (Å²) in [6.45, 7) is 6.32. The largest absolute Gasteiger partial charge is 0.465 e. The highest BCUT2D eigenvalue weighted by molar-refractivity contribution is 5.65. The van der Waals surface area contributed by atoms with Crippen molar-refractivity contribution in [3.63, 3.8) is 0 Å². The van der Waals surface area contributed by atoms with E-state index < -0.39 is 11.6 Å². The lowest BCUT2D eigenvalue weighted by Gasteiger charge is -2.33. The van der Waals surface area contributed by atoms with E-state index in [0.29, 0.717) is 6.54 Å². The lowest BCUT2D eigenvalue weighted by molar-refractivity contribution is 0.166. The molecule has 13 heavy (non-hydrogen) atoms. The van der Waals surface area contributed by atoms with E-state index in [-0.39, 0.29) is 5.92 Å². The van der Waals surface area contributed by atoms with Gasteiger partial charge in [0, 0.05) is 5.54 Å². The molecule has 0 aromatic rings. The minimum atomic E-state index is -0.987. The molecule has 1 amide bonds. The standard InChI is InChI=1S/C9H20N2O2/c1-4-5-7(6-10)9(2,3)11-8(12)13/h7,11H,4-6,10H2,1-3H3,(H,12,13). The Bertz CT molecular complexity index is 169. The minimum absolute atomic E-state index is 0.202. The van der Waals surface area contributed by atoms with Crippen molar-refractivity contribution in [2.75, 3.05) is 6.54 Å². The van der Waals surface area contributed by atoms with Crippen LogP contribution in [0.3, 0.4) is 0 Å². The van der Waals surface area contributed by atoms with Gasteiger partial charge in [0.05, 0.1) is 0 Å². The fourth-order valence-electron chi connectivity index (χ4n) is 1.50. The fraction of sp³-hybridized carbons (Fsp3) is 0.889. The van der Waals surface area contributed by atoms with Gasteiger partial charge >= 0.3 is 6.09 Å². The van der Waals surface area contributed by atoms with Crippen molar-refractivity contribution < 1.29 is 9.90 Å². The molecule has 0 aromatic heterocycles. The third kappa shape index (κ3) is 4.12. The topological polar surface area (TPSA) is 75.3 Å². The van der Waals surface area contributed by atoms with Crippen LogP contribution in [0.5, 0.6) is 0 Å². The van der Waals surface area contributed by atoms with Gasteiger partial charge in [0.25, 0.3) is 0 Å². The molecule has 1 atom stereocenters. The van der Waals surface area contributed by atoms with Gasteiger partial charge in [0.1, 0.15) is 0 Å². The second-order valence-corrected chi connectivity index (χ2v) is 3.87. The Balaban J connectivity index is 4.27. The van der Waals surface area contributed by atoms with Crippen molar-refractivity contribution in [3.8, 4) is 0 Å².